The molecule has 0 spiro atoms. The van der Waals surface area contributed by atoms with Crippen LogP contribution in [0.1, 0.15) is 42.5 Å². The topological polar surface area (TPSA) is 12.0 Å². The van der Waals surface area contributed by atoms with E-state index >= 15 is 0 Å². The van der Waals surface area contributed by atoms with Crippen molar-refractivity contribution in [2.45, 2.75) is 38.6 Å². The molecule has 1 aromatic heterocycles. The number of hydrogen-bond acceptors (Lipinski definition) is 2. The van der Waals surface area contributed by atoms with Crippen LogP contribution in [0.15, 0.2) is 39.5 Å². The van der Waals surface area contributed by atoms with Crippen molar-refractivity contribution in [1.29, 1.82) is 0 Å². The van der Waals surface area contributed by atoms with E-state index in [9.17, 15) is 0 Å². The second-order valence-corrected chi connectivity index (χ2v) is 7.48. The Balaban J connectivity index is 1.83. The zero-order valence-corrected chi connectivity index (χ0v) is 14.8. The quantitative estimate of drug-likeness (QED) is 0.753. The Morgan fingerprint density at radius 1 is 1.29 bits per heavy atom. The van der Waals surface area contributed by atoms with E-state index in [1.54, 1.807) is 22.5 Å². The van der Waals surface area contributed by atoms with E-state index in [1.807, 2.05) is 0 Å². The van der Waals surface area contributed by atoms with Gasteiger partial charge in [-0.25, -0.2) is 0 Å². The van der Waals surface area contributed by atoms with Crippen LogP contribution in [0.25, 0.3) is 0 Å². The van der Waals surface area contributed by atoms with Gasteiger partial charge in [0, 0.05) is 15.9 Å². The van der Waals surface area contributed by atoms with Gasteiger partial charge in [-0.3, -0.25) is 0 Å². The molecule has 21 heavy (non-hydrogen) atoms. The third kappa shape index (κ3) is 3.41. The van der Waals surface area contributed by atoms with Crippen LogP contribution in [-0.4, -0.2) is 6.54 Å². The average Bonchev–Trinajstić information content (AvgIpc) is 2.94. The molecular formula is C18H22BrNS. The number of hydrogen-bond donors (Lipinski definition) is 1. The first-order valence-corrected chi connectivity index (χ1v) is 9.55. The highest BCUT2D eigenvalue weighted by atomic mass is 79.9. The summed E-state index contributed by atoms with van der Waals surface area (Å²) in [5.74, 6) is 0.692. The number of benzene rings is 1. The Morgan fingerprint density at radius 2 is 2.10 bits per heavy atom. The minimum absolute atomic E-state index is 0.471. The lowest BCUT2D eigenvalue weighted by Crippen LogP contribution is -2.32. The highest BCUT2D eigenvalue weighted by molar-refractivity contribution is 9.10. The van der Waals surface area contributed by atoms with E-state index in [1.165, 1.54) is 35.7 Å². The molecule has 2 aromatic rings. The summed E-state index contributed by atoms with van der Waals surface area (Å²) in [7, 11) is 0. The molecule has 1 aliphatic rings. The number of thiophene rings is 1. The first-order chi connectivity index (χ1) is 10.3. The molecular weight excluding hydrogens is 342 g/mol. The van der Waals surface area contributed by atoms with Crippen LogP contribution in [0.2, 0.25) is 0 Å². The molecule has 0 amide bonds. The van der Waals surface area contributed by atoms with Gasteiger partial charge in [0.15, 0.2) is 0 Å². The monoisotopic (exact) mass is 363 g/mol. The summed E-state index contributed by atoms with van der Waals surface area (Å²) >= 11 is 5.52. The molecule has 3 rings (SSSR count). The average molecular weight is 364 g/mol. The Hall–Kier alpha value is -0.640. The lowest BCUT2D eigenvalue weighted by atomic mass is 9.78. The van der Waals surface area contributed by atoms with E-state index in [2.05, 4.69) is 63.2 Å². The predicted octanol–water partition coefficient (Wildman–Crippen LogP) is 5.36. The lowest BCUT2D eigenvalue weighted by Gasteiger charge is -2.32. The zero-order chi connectivity index (χ0) is 14.7. The van der Waals surface area contributed by atoms with Gasteiger partial charge in [0.1, 0.15) is 0 Å². The molecule has 112 valence electrons. The number of aryl methyl sites for hydroxylation is 1. The van der Waals surface area contributed by atoms with Gasteiger partial charge >= 0.3 is 0 Å². The Kier molecular flexibility index (Phi) is 5.15. The van der Waals surface area contributed by atoms with Crippen molar-refractivity contribution in [1.82, 2.24) is 5.32 Å². The molecule has 0 saturated carbocycles. The standard InChI is InChI=1S/C18H22BrNS/c1-2-9-20-18(16-11-21-12-17(16)19)15-8-7-13-5-3-4-6-14(13)10-15/h3-6,11-12,15,18,20H,2,7-10H2,1H3. The molecule has 0 saturated heterocycles. The summed E-state index contributed by atoms with van der Waals surface area (Å²) in [6, 6.07) is 9.41. The molecule has 3 heteroatoms. The molecule has 0 radical (unpaired) electrons. The van der Waals surface area contributed by atoms with Crippen LogP contribution in [0.5, 0.6) is 0 Å². The summed E-state index contributed by atoms with van der Waals surface area (Å²) < 4.78 is 1.26. The molecule has 0 bridgehead atoms. The highest BCUT2D eigenvalue weighted by Gasteiger charge is 2.28. The minimum Gasteiger partial charge on any atom is -0.310 e. The van der Waals surface area contributed by atoms with Gasteiger partial charge in [-0.15, -0.1) is 0 Å². The smallest absolute Gasteiger partial charge is 0.0371 e. The van der Waals surface area contributed by atoms with E-state index in [0.717, 1.165) is 6.54 Å². The summed E-state index contributed by atoms with van der Waals surface area (Å²) in [5, 5.41) is 8.29. The molecule has 1 heterocycles. The van der Waals surface area contributed by atoms with E-state index in [4.69, 9.17) is 0 Å². The third-order valence-corrected chi connectivity index (χ3v) is 6.20. The van der Waals surface area contributed by atoms with Crippen LogP contribution in [0, 0.1) is 5.92 Å². The van der Waals surface area contributed by atoms with Crippen molar-refractivity contribution < 1.29 is 0 Å². The van der Waals surface area contributed by atoms with Gasteiger partial charge in [-0.1, -0.05) is 31.2 Å². The second-order valence-electron chi connectivity index (χ2n) is 5.88. The molecule has 2 unspecified atom stereocenters. The van der Waals surface area contributed by atoms with Gasteiger partial charge in [-0.05, 0) is 76.1 Å². The maximum atomic E-state index is 3.79. The molecule has 0 aliphatic heterocycles. The molecule has 2 atom stereocenters. The normalized spacial score (nSPS) is 19.2. The van der Waals surface area contributed by atoms with Gasteiger partial charge in [0.2, 0.25) is 0 Å². The number of fused-ring (bicyclic) bond motifs is 1. The fraction of sp³-hybridized carbons (Fsp3) is 0.444. The van der Waals surface area contributed by atoms with Crippen LogP contribution >= 0.6 is 27.3 Å². The van der Waals surface area contributed by atoms with E-state index in [0.29, 0.717) is 12.0 Å². The summed E-state index contributed by atoms with van der Waals surface area (Å²) in [5.41, 5.74) is 4.54. The largest absolute Gasteiger partial charge is 0.310 e. The van der Waals surface area contributed by atoms with Crippen molar-refractivity contribution in [3.63, 3.8) is 0 Å². The third-order valence-electron chi connectivity index (χ3n) is 4.45. The van der Waals surface area contributed by atoms with Gasteiger partial charge in [-0.2, -0.15) is 11.3 Å². The SMILES string of the molecule is CCCNC(c1cscc1Br)C1CCc2ccccc2C1. The highest BCUT2D eigenvalue weighted by Crippen LogP contribution is 2.38. The van der Waals surface area contributed by atoms with Gasteiger partial charge < -0.3 is 5.32 Å². The predicted molar refractivity (Wildman–Crippen MR) is 95.0 cm³/mol. The van der Waals surface area contributed by atoms with Crippen molar-refractivity contribution in [2.24, 2.45) is 5.92 Å². The van der Waals surface area contributed by atoms with Crippen molar-refractivity contribution in [2.75, 3.05) is 6.54 Å². The van der Waals surface area contributed by atoms with Gasteiger partial charge in [0.25, 0.3) is 0 Å². The van der Waals surface area contributed by atoms with Crippen molar-refractivity contribution >= 4 is 27.3 Å². The molecule has 1 nitrogen and oxygen atoms in total. The maximum absolute atomic E-state index is 3.79. The second kappa shape index (κ2) is 7.08. The number of rotatable bonds is 5. The minimum atomic E-state index is 0.471. The first-order valence-electron chi connectivity index (χ1n) is 7.81. The van der Waals surface area contributed by atoms with Crippen LogP contribution < -0.4 is 5.32 Å². The Labute approximate surface area is 139 Å². The fourth-order valence-electron chi connectivity index (χ4n) is 3.35. The zero-order valence-electron chi connectivity index (χ0n) is 12.4. The van der Waals surface area contributed by atoms with Crippen LogP contribution in [0.3, 0.4) is 0 Å². The molecule has 1 aliphatic carbocycles. The summed E-state index contributed by atoms with van der Waals surface area (Å²) in [4.78, 5) is 0. The Morgan fingerprint density at radius 3 is 2.81 bits per heavy atom. The van der Waals surface area contributed by atoms with E-state index in [-0.39, 0.29) is 0 Å². The summed E-state index contributed by atoms with van der Waals surface area (Å²) in [6.45, 7) is 3.33. The van der Waals surface area contributed by atoms with Crippen LogP contribution in [0.4, 0.5) is 0 Å². The van der Waals surface area contributed by atoms with E-state index < -0.39 is 0 Å². The summed E-state index contributed by atoms with van der Waals surface area (Å²) in [6.07, 6.45) is 4.87. The first kappa shape index (κ1) is 15.3. The molecule has 0 fully saturated rings. The van der Waals surface area contributed by atoms with Crippen LogP contribution in [-0.2, 0) is 12.8 Å². The lowest BCUT2D eigenvalue weighted by molar-refractivity contribution is 0.326. The molecule has 1 aromatic carbocycles. The number of halogens is 1. The molecule has 1 N–H and O–H groups in total. The Bertz CT molecular complexity index is 592. The maximum Gasteiger partial charge on any atom is 0.0371 e. The fourth-order valence-corrected chi connectivity index (χ4v) is 4.93. The van der Waals surface area contributed by atoms with Gasteiger partial charge in [0.05, 0.1) is 0 Å². The van der Waals surface area contributed by atoms with Crippen molar-refractivity contribution in [3.8, 4) is 0 Å². The number of nitrogens with one attached hydrogen (secondary N) is 1. The van der Waals surface area contributed by atoms with Crippen molar-refractivity contribution in [3.05, 3.63) is 56.2 Å².